The molecule has 2 aromatic rings. The highest BCUT2D eigenvalue weighted by molar-refractivity contribution is 7.14. The fourth-order valence-corrected chi connectivity index (χ4v) is 4.72. The third-order valence-electron chi connectivity index (χ3n) is 4.92. The lowest BCUT2D eigenvalue weighted by atomic mass is 10.1. The smallest absolute Gasteiger partial charge is 0.322 e. The van der Waals surface area contributed by atoms with Crippen molar-refractivity contribution in [1.82, 2.24) is 9.80 Å². The van der Waals surface area contributed by atoms with Crippen molar-refractivity contribution < 1.29 is 14.3 Å². The largest absolute Gasteiger partial charge is 0.490 e. The number of hydrogen-bond donors (Lipinski definition) is 1. The molecule has 2 aliphatic rings. The van der Waals surface area contributed by atoms with Crippen LogP contribution in [0.15, 0.2) is 24.3 Å². The van der Waals surface area contributed by atoms with Crippen molar-refractivity contribution in [2.45, 2.75) is 32.4 Å². The van der Waals surface area contributed by atoms with Gasteiger partial charge in [0.2, 0.25) is 0 Å². The van der Waals surface area contributed by atoms with E-state index < -0.39 is 0 Å². The summed E-state index contributed by atoms with van der Waals surface area (Å²) in [5.41, 5.74) is 2.99. The Hall–Kier alpha value is -2.54. The highest BCUT2D eigenvalue weighted by Crippen LogP contribution is 2.32. The van der Waals surface area contributed by atoms with E-state index in [9.17, 15) is 9.59 Å². The normalized spacial score (nSPS) is 17.7. The van der Waals surface area contributed by atoms with Crippen LogP contribution in [0.2, 0.25) is 0 Å². The molecule has 1 N–H and O–H groups in total. The molecule has 6 nitrogen and oxygen atoms in total. The molecule has 1 atom stereocenters. The predicted molar refractivity (Wildman–Crippen MR) is 106 cm³/mol. The summed E-state index contributed by atoms with van der Waals surface area (Å²) in [6, 6.07) is 7.60. The van der Waals surface area contributed by atoms with E-state index >= 15 is 0 Å². The summed E-state index contributed by atoms with van der Waals surface area (Å²) >= 11 is 1.54. The minimum Gasteiger partial charge on any atom is -0.490 e. The monoisotopic (exact) mass is 385 g/mol. The fourth-order valence-electron chi connectivity index (χ4n) is 3.53. The van der Waals surface area contributed by atoms with Crippen molar-refractivity contribution >= 4 is 29.0 Å². The maximum absolute atomic E-state index is 12.7. The third-order valence-corrected chi connectivity index (χ3v) is 6.14. The number of carbonyl (C=O) groups is 2. The van der Waals surface area contributed by atoms with E-state index in [4.69, 9.17) is 4.74 Å². The molecule has 1 unspecified atom stereocenters. The molecule has 3 amide bonds. The minimum absolute atomic E-state index is 0.0139. The zero-order chi connectivity index (χ0) is 19.1. The molecule has 27 heavy (non-hydrogen) atoms. The number of benzene rings is 1. The van der Waals surface area contributed by atoms with Crippen LogP contribution in [0.3, 0.4) is 0 Å². The first-order valence-corrected chi connectivity index (χ1v) is 9.91. The number of nitrogens with zero attached hydrogens (tertiary/aromatic N) is 2. The maximum Gasteiger partial charge on any atom is 0.322 e. The predicted octanol–water partition coefficient (Wildman–Crippen LogP) is 3.36. The van der Waals surface area contributed by atoms with E-state index in [-0.39, 0.29) is 18.0 Å². The van der Waals surface area contributed by atoms with Gasteiger partial charge < -0.3 is 19.9 Å². The second-order valence-electron chi connectivity index (χ2n) is 7.32. The van der Waals surface area contributed by atoms with Gasteiger partial charge in [0.25, 0.3) is 5.91 Å². The molecule has 0 bridgehead atoms. The van der Waals surface area contributed by atoms with Crippen LogP contribution >= 0.6 is 11.3 Å². The lowest BCUT2D eigenvalue weighted by Gasteiger charge is -2.27. The average molecular weight is 385 g/mol. The number of urea groups is 1. The van der Waals surface area contributed by atoms with Gasteiger partial charge in [0.1, 0.15) is 11.9 Å². The third kappa shape index (κ3) is 3.51. The molecule has 1 aromatic carbocycles. The number of hydrogen-bond acceptors (Lipinski definition) is 4. The molecular formula is C20H23N3O3S. The van der Waals surface area contributed by atoms with E-state index in [0.717, 1.165) is 40.3 Å². The molecule has 0 radical (unpaired) electrons. The summed E-state index contributed by atoms with van der Waals surface area (Å²) < 4.78 is 5.71. The number of thiophene rings is 1. The number of ether oxygens (including phenoxy) is 1. The first-order chi connectivity index (χ1) is 12.9. The molecule has 2 aliphatic heterocycles. The Morgan fingerprint density at radius 3 is 2.85 bits per heavy atom. The summed E-state index contributed by atoms with van der Waals surface area (Å²) in [5, 5.41) is 2.99. The summed E-state index contributed by atoms with van der Waals surface area (Å²) in [6.07, 6.45) is 1.83. The van der Waals surface area contributed by atoms with Gasteiger partial charge in [-0.2, -0.15) is 0 Å². The van der Waals surface area contributed by atoms with E-state index in [1.807, 2.05) is 31.2 Å². The Bertz CT molecular complexity index is 906. The van der Waals surface area contributed by atoms with Crippen LogP contribution in [-0.2, 0) is 19.4 Å². The van der Waals surface area contributed by atoms with Crippen LogP contribution < -0.4 is 10.1 Å². The van der Waals surface area contributed by atoms with E-state index in [1.165, 1.54) is 16.2 Å². The van der Waals surface area contributed by atoms with Gasteiger partial charge in [0.05, 0.1) is 4.88 Å². The van der Waals surface area contributed by atoms with E-state index in [0.29, 0.717) is 13.1 Å². The molecule has 0 aliphatic carbocycles. The van der Waals surface area contributed by atoms with Crippen molar-refractivity contribution in [3.05, 3.63) is 45.1 Å². The molecular weight excluding hydrogens is 362 g/mol. The Labute approximate surface area is 162 Å². The van der Waals surface area contributed by atoms with Gasteiger partial charge in [-0.1, -0.05) is 0 Å². The molecule has 0 fully saturated rings. The molecule has 0 saturated heterocycles. The van der Waals surface area contributed by atoms with Crippen molar-refractivity contribution in [2.24, 2.45) is 0 Å². The summed E-state index contributed by atoms with van der Waals surface area (Å²) in [7, 11) is 3.51. The molecule has 4 rings (SSSR count). The Balaban J connectivity index is 1.44. The molecule has 0 spiro atoms. The minimum atomic E-state index is -0.112. The first-order valence-electron chi connectivity index (χ1n) is 9.09. The van der Waals surface area contributed by atoms with Gasteiger partial charge in [-0.05, 0) is 48.7 Å². The topological polar surface area (TPSA) is 61.9 Å². The highest BCUT2D eigenvalue weighted by Gasteiger charge is 2.25. The lowest BCUT2D eigenvalue weighted by molar-refractivity contribution is 0.0832. The maximum atomic E-state index is 12.7. The van der Waals surface area contributed by atoms with Crippen LogP contribution in [0, 0.1) is 0 Å². The Morgan fingerprint density at radius 2 is 2.07 bits per heavy atom. The summed E-state index contributed by atoms with van der Waals surface area (Å²) in [6.45, 7) is 3.23. The number of fused-ring (bicyclic) bond motifs is 2. The lowest BCUT2D eigenvalue weighted by Crippen LogP contribution is -2.38. The number of nitrogens with one attached hydrogen (secondary N) is 1. The van der Waals surface area contributed by atoms with E-state index in [2.05, 4.69) is 5.32 Å². The van der Waals surface area contributed by atoms with Gasteiger partial charge in [0.15, 0.2) is 0 Å². The quantitative estimate of drug-likeness (QED) is 0.862. The standard InChI is InChI=1S/C20H23N3O3S/c1-12-8-13-9-15(4-5-16(13)26-12)21-20(25)23-7-6-17-14(11-23)10-18(27-17)19(24)22(2)3/h4-5,9-10,12H,6-8,11H2,1-3H3,(H,21,25). The van der Waals surface area contributed by atoms with Crippen LogP contribution in [-0.4, -0.2) is 48.5 Å². The van der Waals surface area contributed by atoms with Crippen molar-refractivity contribution in [3.63, 3.8) is 0 Å². The number of anilines is 1. The van der Waals surface area contributed by atoms with Crippen molar-refractivity contribution in [3.8, 4) is 5.75 Å². The number of amides is 3. The van der Waals surface area contributed by atoms with Crippen LogP contribution in [0.4, 0.5) is 10.5 Å². The molecule has 7 heteroatoms. The van der Waals surface area contributed by atoms with Crippen LogP contribution in [0.1, 0.15) is 32.6 Å². The Morgan fingerprint density at radius 1 is 1.26 bits per heavy atom. The van der Waals surface area contributed by atoms with E-state index in [1.54, 1.807) is 23.9 Å². The molecule has 1 aromatic heterocycles. The highest BCUT2D eigenvalue weighted by atomic mass is 32.1. The first kappa shape index (κ1) is 17.9. The number of carbonyl (C=O) groups excluding carboxylic acids is 2. The molecule has 142 valence electrons. The van der Waals surface area contributed by atoms with Crippen molar-refractivity contribution in [2.75, 3.05) is 26.0 Å². The van der Waals surface area contributed by atoms with Crippen molar-refractivity contribution in [1.29, 1.82) is 0 Å². The van der Waals surface area contributed by atoms with Gasteiger partial charge in [-0.3, -0.25) is 4.79 Å². The van der Waals surface area contributed by atoms with Crippen LogP contribution in [0.5, 0.6) is 5.75 Å². The Kier molecular flexibility index (Phi) is 4.55. The number of rotatable bonds is 2. The van der Waals surface area contributed by atoms with Crippen LogP contribution in [0.25, 0.3) is 0 Å². The molecule has 0 saturated carbocycles. The summed E-state index contributed by atoms with van der Waals surface area (Å²) in [4.78, 5) is 30.2. The van der Waals surface area contributed by atoms with Gasteiger partial charge in [-0.15, -0.1) is 11.3 Å². The van der Waals surface area contributed by atoms with Gasteiger partial charge in [-0.25, -0.2) is 4.79 Å². The second kappa shape index (κ2) is 6.88. The van der Waals surface area contributed by atoms with Gasteiger partial charge >= 0.3 is 6.03 Å². The fraction of sp³-hybridized carbons (Fsp3) is 0.400. The summed E-state index contributed by atoms with van der Waals surface area (Å²) in [5.74, 6) is 0.916. The SMILES string of the molecule is CC1Cc2cc(NC(=O)N3CCc4sc(C(=O)N(C)C)cc4C3)ccc2O1. The molecule has 3 heterocycles. The average Bonchev–Trinajstić information content (AvgIpc) is 3.21. The zero-order valence-corrected chi connectivity index (χ0v) is 16.6. The van der Waals surface area contributed by atoms with Gasteiger partial charge in [0, 0.05) is 44.2 Å². The zero-order valence-electron chi connectivity index (χ0n) is 15.7. The second-order valence-corrected chi connectivity index (χ2v) is 8.45.